The topological polar surface area (TPSA) is 71.3 Å². The summed E-state index contributed by atoms with van der Waals surface area (Å²) in [4.78, 5) is 24.2. The summed E-state index contributed by atoms with van der Waals surface area (Å²) in [5.41, 5.74) is 0.649. The zero-order valence-corrected chi connectivity index (χ0v) is 12.4. The number of rotatable bonds is 6. The Hall–Kier alpha value is -2.14. The summed E-state index contributed by atoms with van der Waals surface area (Å²) in [6, 6.07) is 7.21. The molecule has 2 N–H and O–H groups in total. The van der Waals surface area contributed by atoms with Crippen LogP contribution in [0.25, 0.3) is 11.0 Å². The molecular formula is C16H20N2O3. The molecule has 0 fully saturated rings. The molecule has 0 atom stereocenters. The summed E-state index contributed by atoms with van der Waals surface area (Å²) >= 11 is 0. The SMILES string of the molecule is CCCNCCNC(=O)c1c(C)c2ccccc2oc1=O. The fourth-order valence-electron chi connectivity index (χ4n) is 2.22. The van der Waals surface area contributed by atoms with E-state index in [-0.39, 0.29) is 11.5 Å². The maximum absolute atomic E-state index is 12.2. The Morgan fingerprint density at radius 1 is 1.19 bits per heavy atom. The molecule has 0 radical (unpaired) electrons. The van der Waals surface area contributed by atoms with Crippen molar-refractivity contribution in [2.24, 2.45) is 0 Å². The number of hydrogen-bond acceptors (Lipinski definition) is 4. The highest BCUT2D eigenvalue weighted by Gasteiger charge is 2.17. The fourth-order valence-corrected chi connectivity index (χ4v) is 2.22. The van der Waals surface area contributed by atoms with Gasteiger partial charge in [0.25, 0.3) is 5.91 Å². The Morgan fingerprint density at radius 2 is 1.95 bits per heavy atom. The van der Waals surface area contributed by atoms with E-state index < -0.39 is 5.63 Å². The summed E-state index contributed by atoms with van der Waals surface area (Å²) < 4.78 is 5.21. The summed E-state index contributed by atoms with van der Waals surface area (Å²) in [5, 5.41) is 6.71. The number of carbonyl (C=O) groups excluding carboxylic acids is 1. The quantitative estimate of drug-likeness (QED) is 0.628. The van der Waals surface area contributed by atoms with Gasteiger partial charge in [0, 0.05) is 18.5 Å². The smallest absolute Gasteiger partial charge is 0.349 e. The largest absolute Gasteiger partial charge is 0.422 e. The van der Waals surface area contributed by atoms with Gasteiger partial charge in [-0.05, 0) is 31.5 Å². The van der Waals surface area contributed by atoms with E-state index in [2.05, 4.69) is 17.6 Å². The van der Waals surface area contributed by atoms with E-state index >= 15 is 0 Å². The first-order valence-electron chi connectivity index (χ1n) is 7.16. The molecule has 1 amide bonds. The summed E-state index contributed by atoms with van der Waals surface area (Å²) in [6.45, 7) is 5.91. The van der Waals surface area contributed by atoms with Crippen LogP contribution >= 0.6 is 0 Å². The van der Waals surface area contributed by atoms with Gasteiger partial charge in [-0.25, -0.2) is 4.79 Å². The molecule has 0 aliphatic carbocycles. The maximum Gasteiger partial charge on any atom is 0.349 e. The van der Waals surface area contributed by atoms with Gasteiger partial charge < -0.3 is 15.1 Å². The van der Waals surface area contributed by atoms with E-state index in [1.54, 1.807) is 19.1 Å². The standard InChI is InChI=1S/C16H20N2O3/c1-3-8-17-9-10-18-15(19)14-11(2)12-6-4-5-7-13(12)21-16(14)20/h4-7,17H,3,8-10H2,1-2H3,(H,18,19). The minimum Gasteiger partial charge on any atom is -0.422 e. The van der Waals surface area contributed by atoms with Crippen molar-refractivity contribution >= 4 is 16.9 Å². The van der Waals surface area contributed by atoms with Crippen LogP contribution in [0.15, 0.2) is 33.5 Å². The third-order valence-corrected chi connectivity index (χ3v) is 3.31. The van der Waals surface area contributed by atoms with Crippen molar-refractivity contribution in [1.82, 2.24) is 10.6 Å². The van der Waals surface area contributed by atoms with Crippen LogP contribution in [0.4, 0.5) is 0 Å². The Balaban J connectivity index is 2.17. The van der Waals surface area contributed by atoms with Gasteiger partial charge in [0.2, 0.25) is 0 Å². The van der Waals surface area contributed by atoms with Crippen molar-refractivity contribution in [3.8, 4) is 0 Å². The van der Waals surface area contributed by atoms with Gasteiger partial charge >= 0.3 is 5.63 Å². The molecule has 0 spiro atoms. The van der Waals surface area contributed by atoms with E-state index in [0.717, 1.165) is 18.4 Å². The molecule has 0 saturated carbocycles. The number of benzene rings is 1. The lowest BCUT2D eigenvalue weighted by molar-refractivity contribution is 0.0950. The molecule has 1 aromatic carbocycles. The monoisotopic (exact) mass is 288 g/mol. The highest BCUT2D eigenvalue weighted by atomic mass is 16.4. The number of hydrogen-bond donors (Lipinski definition) is 2. The van der Waals surface area contributed by atoms with Crippen LogP contribution in [0.5, 0.6) is 0 Å². The highest BCUT2D eigenvalue weighted by Crippen LogP contribution is 2.18. The van der Waals surface area contributed by atoms with Crippen LogP contribution in [0, 0.1) is 6.92 Å². The van der Waals surface area contributed by atoms with Gasteiger partial charge in [-0.1, -0.05) is 25.1 Å². The molecule has 1 heterocycles. The Bertz CT molecular complexity index is 691. The van der Waals surface area contributed by atoms with Crippen LogP contribution in [0.1, 0.15) is 29.3 Å². The predicted octanol–water partition coefficient (Wildman–Crippen LogP) is 1.83. The van der Waals surface area contributed by atoms with Crippen LogP contribution in [-0.4, -0.2) is 25.5 Å². The average Bonchev–Trinajstić information content (AvgIpc) is 2.47. The van der Waals surface area contributed by atoms with Crippen LogP contribution in [0.2, 0.25) is 0 Å². The Kier molecular flexibility index (Phi) is 5.11. The third-order valence-electron chi connectivity index (χ3n) is 3.31. The van der Waals surface area contributed by atoms with E-state index in [1.165, 1.54) is 0 Å². The van der Waals surface area contributed by atoms with Gasteiger partial charge in [-0.15, -0.1) is 0 Å². The first-order valence-corrected chi connectivity index (χ1v) is 7.16. The molecule has 0 bridgehead atoms. The minimum absolute atomic E-state index is 0.0872. The number of nitrogens with one attached hydrogen (secondary N) is 2. The molecule has 0 unspecified atom stereocenters. The number of para-hydroxylation sites is 1. The summed E-state index contributed by atoms with van der Waals surface area (Å²) in [6.07, 6.45) is 1.04. The molecular weight excluding hydrogens is 268 g/mol. The van der Waals surface area contributed by atoms with E-state index in [4.69, 9.17) is 4.42 Å². The van der Waals surface area contributed by atoms with Gasteiger partial charge in [0.15, 0.2) is 0 Å². The van der Waals surface area contributed by atoms with Crippen molar-refractivity contribution in [3.05, 3.63) is 45.8 Å². The maximum atomic E-state index is 12.2. The lowest BCUT2D eigenvalue weighted by Crippen LogP contribution is -2.35. The van der Waals surface area contributed by atoms with Crippen LogP contribution in [0.3, 0.4) is 0 Å². The van der Waals surface area contributed by atoms with Crippen LogP contribution in [-0.2, 0) is 0 Å². The predicted molar refractivity (Wildman–Crippen MR) is 82.7 cm³/mol. The van der Waals surface area contributed by atoms with Gasteiger partial charge in [-0.2, -0.15) is 0 Å². The fraction of sp³-hybridized carbons (Fsp3) is 0.375. The first-order chi connectivity index (χ1) is 10.1. The lowest BCUT2D eigenvalue weighted by atomic mass is 10.1. The zero-order valence-electron chi connectivity index (χ0n) is 12.4. The van der Waals surface area contributed by atoms with E-state index in [0.29, 0.717) is 24.2 Å². The van der Waals surface area contributed by atoms with Crippen LogP contribution < -0.4 is 16.3 Å². The van der Waals surface area contributed by atoms with Gasteiger partial charge in [0.05, 0.1) is 0 Å². The molecule has 2 aromatic rings. The molecule has 0 saturated heterocycles. The molecule has 5 nitrogen and oxygen atoms in total. The number of carbonyl (C=O) groups is 1. The third kappa shape index (κ3) is 3.49. The second kappa shape index (κ2) is 7.04. The second-order valence-electron chi connectivity index (χ2n) is 4.89. The Morgan fingerprint density at radius 3 is 2.71 bits per heavy atom. The summed E-state index contributed by atoms with van der Waals surface area (Å²) in [7, 11) is 0. The number of aryl methyl sites for hydroxylation is 1. The zero-order chi connectivity index (χ0) is 15.2. The van der Waals surface area contributed by atoms with Crippen molar-refractivity contribution in [2.45, 2.75) is 20.3 Å². The molecule has 0 aliphatic heterocycles. The van der Waals surface area contributed by atoms with E-state index in [9.17, 15) is 9.59 Å². The second-order valence-corrected chi connectivity index (χ2v) is 4.89. The minimum atomic E-state index is -0.592. The van der Waals surface area contributed by atoms with E-state index in [1.807, 2.05) is 12.1 Å². The molecule has 2 rings (SSSR count). The molecule has 0 aliphatic rings. The van der Waals surface area contributed by atoms with Crippen molar-refractivity contribution in [1.29, 1.82) is 0 Å². The van der Waals surface area contributed by atoms with Crippen molar-refractivity contribution in [3.63, 3.8) is 0 Å². The lowest BCUT2D eigenvalue weighted by Gasteiger charge is -2.09. The van der Waals surface area contributed by atoms with Gasteiger partial charge in [0.1, 0.15) is 11.1 Å². The van der Waals surface area contributed by atoms with Gasteiger partial charge in [-0.3, -0.25) is 4.79 Å². The normalized spacial score (nSPS) is 10.8. The summed E-state index contributed by atoms with van der Waals surface area (Å²) in [5.74, 6) is -0.384. The average molecular weight is 288 g/mol. The number of fused-ring (bicyclic) bond motifs is 1. The van der Waals surface area contributed by atoms with Crippen molar-refractivity contribution < 1.29 is 9.21 Å². The molecule has 21 heavy (non-hydrogen) atoms. The first kappa shape index (κ1) is 15.3. The molecule has 1 aromatic heterocycles. The molecule has 5 heteroatoms. The Labute approximate surface area is 123 Å². The van der Waals surface area contributed by atoms with Crippen molar-refractivity contribution in [2.75, 3.05) is 19.6 Å². The highest BCUT2D eigenvalue weighted by molar-refractivity contribution is 5.99. The number of amides is 1. The molecule has 112 valence electrons.